The van der Waals surface area contributed by atoms with Gasteiger partial charge < -0.3 is 0 Å². The monoisotopic (exact) mass is 425 g/mol. The summed E-state index contributed by atoms with van der Waals surface area (Å²) in [5.74, 6) is 2.12. The van der Waals surface area contributed by atoms with Gasteiger partial charge in [-0.1, -0.05) is 96.4 Å². The second-order valence-electron chi connectivity index (χ2n) is 10.2. The van der Waals surface area contributed by atoms with Crippen LogP contribution in [0.2, 0.25) is 0 Å². The van der Waals surface area contributed by atoms with Crippen molar-refractivity contribution in [2.75, 3.05) is 6.54 Å². The Bertz CT molecular complexity index is 714. The molecule has 1 aromatic carbocycles. The molecule has 0 saturated carbocycles. The van der Waals surface area contributed by atoms with Crippen LogP contribution in [0.15, 0.2) is 35.9 Å². The number of nitrogens with zero attached hydrogens (tertiary/aromatic N) is 1. The van der Waals surface area contributed by atoms with E-state index in [1.165, 1.54) is 61.8 Å². The lowest BCUT2D eigenvalue weighted by Gasteiger charge is -2.15. The SMILES string of the molecule is C/C(=C\CN1C(=O)c2ccccc2C1=O)CCC[C@H](C)CCC[C@H](C)CCCC(C)C. The highest BCUT2D eigenvalue weighted by atomic mass is 16.2. The lowest BCUT2D eigenvalue weighted by atomic mass is 9.91. The van der Waals surface area contributed by atoms with E-state index in [9.17, 15) is 9.59 Å². The number of amides is 2. The minimum Gasteiger partial charge on any atom is -0.270 e. The van der Waals surface area contributed by atoms with Crippen molar-refractivity contribution in [1.29, 1.82) is 0 Å². The zero-order valence-corrected chi connectivity index (χ0v) is 20.5. The molecule has 0 saturated heterocycles. The van der Waals surface area contributed by atoms with Crippen molar-refractivity contribution >= 4 is 11.8 Å². The number of allylic oxidation sites excluding steroid dienone is 1. The number of carbonyl (C=O) groups excluding carboxylic acids is 2. The molecule has 1 aliphatic rings. The van der Waals surface area contributed by atoms with Crippen LogP contribution in [0.5, 0.6) is 0 Å². The molecular weight excluding hydrogens is 382 g/mol. The van der Waals surface area contributed by atoms with Gasteiger partial charge in [-0.25, -0.2) is 0 Å². The van der Waals surface area contributed by atoms with Crippen LogP contribution >= 0.6 is 0 Å². The topological polar surface area (TPSA) is 37.4 Å². The lowest BCUT2D eigenvalue weighted by Crippen LogP contribution is -2.29. The maximum atomic E-state index is 12.4. The number of benzene rings is 1. The van der Waals surface area contributed by atoms with Crippen LogP contribution in [-0.4, -0.2) is 23.3 Å². The van der Waals surface area contributed by atoms with Gasteiger partial charge in [0.1, 0.15) is 0 Å². The lowest BCUT2D eigenvalue weighted by molar-refractivity contribution is 0.0671. The van der Waals surface area contributed by atoms with Gasteiger partial charge in [-0.05, 0) is 49.7 Å². The molecule has 0 spiro atoms. The molecule has 31 heavy (non-hydrogen) atoms. The first-order valence-electron chi connectivity index (χ1n) is 12.4. The molecule has 1 aromatic rings. The van der Waals surface area contributed by atoms with Crippen LogP contribution in [0.25, 0.3) is 0 Å². The van der Waals surface area contributed by atoms with E-state index in [1.807, 2.05) is 18.2 Å². The summed E-state index contributed by atoms with van der Waals surface area (Å²) in [7, 11) is 0. The van der Waals surface area contributed by atoms with E-state index in [1.54, 1.807) is 12.1 Å². The van der Waals surface area contributed by atoms with Crippen LogP contribution in [0.4, 0.5) is 0 Å². The molecule has 0 N–H and O–H groups in total. The first-order valence-corrected chi connectivity index (χ1v) is 12.4. The van der Waals surface area contributed by atoms with Gasteiger partial charge in [-0.2, -0.15) is 0 Å². The van der Waals surface area contributed by atoms with Gasteiger partial charge in [0, 0.05) is 6.54 Å². The molecule has 0 aromatic heterocycles. The van der Waals surface area contributed by atoms with E-state index < -0.39 is 0 Å². The fourth-order valence-corrected chi connectivity index (χ4v) is 4.46. The number of hydrogen-bond acceptors (Lipinski definition) is 2. The first kappa shape index (κ1) is 25.4. The third-order valence-electron chi connectivity index (χ3n) is 6.64. The number of carbonyl (C=O) groups is 2. The van der Waals surface area contributed by atoms with Crippen LogP contribution < -0.4 is 0 Å². The molecule has 0 aliphatic carbocycles. The molecule has 0 radical (unpaired) electrons. The second-order valence-corrected chi connectivity index (χ2v) is 10.2. The molecule has 0 unspecified atom stereocenters. The Balaban J connectivity index is 1.61. The molecule has 0 fully saturated rings. The van der Waals surface area contributed by atoms with Crippen LogP contribution in [0.1, 0.15) is 113 Å². The van der Waals surface area contributed by atoms with Gasteiger partial charge in [-0.3, -0.25) is 14.5 Å². The third kappa shape index (κ3) is 8.27. The summed E-state index contributed by atoms with van der Waals surface area (Å²) in [5, 5.41) is 0. The molecule has 1 heterocycles. The molecule has 2 amide bonds. The Kier molecular flexibility index (Phi) is 10.5. The second kappa shape index (κ2) is 12.8. The number of hydrogen-bond donors (Lipinski definition) is 0. The van der Waals surface area contributed by atoms with Gasteiger partial charge in [-0.15, -0.1) is 0 Å². The Hall–Kier alpha value is -1.90. The summed E-state index contributed by atoms with van der Waals surface area (Å²) in [6, 6.07) is 7.09. The zero-order valence-electron chi connectivity index (χ0n) is 20.5. The van der Waals surface area contributed by atoms with Crippen molar-refractivity contribution in [2.24, 2.45) is 17.8 Å². The molecule has 172 valence electrons. The number of rotatable bonds is 14. The summed E-state index contributed by atoms with van der Waals surface area (Å²) in [5.41, 5.74) is 2.32. The Morgan fingerprint density at radius 3 is 1.81 bits per heavy atom. The minimum atomic E-state index is -0.170. The summed E-state index contributed by atoms with van der Waals surface area (Å²) in [6.07, 6.45) is 13.7. The predicted octanol–water partition coefficient (Wildman–Crippen LogP) is 7.67. The maximum absolute atomic E-state index is 12.4. The Morgan fingerprint density at radius 2 is 1.29 bits per heavy atom. The fourth-order valence-electron chi connectivity index (χ4n) is 4.46. The third-order valence-corrected chi connectivity index (χ3v) is 6.64. The summed E-state index contributed by atoms with van der Waals surface area (Å²) in [6.45, 7) is 11.9. The maximum Gasteiger partial charge on any atom is 0.261 e. The van der Waals surface area contributed by atoms with Crippen molar-refractivity contribution in [3.8, 4) is 0 Å². The summed E-state index contributed by atoms with van der Waals surface area (Å²) in [4.78, 5) is 26.2. The molecule has 3 heteroatoms. The van der Waals surface area contributed by atoms with Crippen molar-refractivity contribution < 1.29 is 9.59 Å². The van der Waals surface area contributed by atoms with E-state index in [0.717, 1.165) is 24.2 Å². The molecule has 2 atom stereocenters. The molecule has 1 aliphatic heterocycles. The van der Waals surface area contributed by atoms with Gasteiger partial charge in [0.2, 0.25) is 0 Å². The highest BCUT2D eigenvalue weighted by Gasteiger charge is 2.34. The smallest absolute Gasteiger partial charge is 0.261 e. The van der Waals surface area contributed by atoms with E-state index in [2.05, 4.69) is 34.6 Å². The average Bonchev–Trinajstić information content (AvgIpc) is 2.96. The highest BCUT2D eigenvalue weighted by Crippen LogP contribution is 2.24. The van der Waals surface area contributed by atoms with Crippen molar-refractivity contribution in [1.82, 2.24) is 4.90 Å². The van der Waals surface area contributed by atoms with Crippen LogP contribution in [0.3, 0.4) is 0 Å². The van der Waals surface area contributed by atoms with Gasteiger partial charge in [0.25, 0.3) is 11.8 Å². The van der Waals surface area contributed by atoms with Gasteiger partial charge >= 0.3 is 0 Å². The zero-order chi connectivity index (χ0) is 22.8. The molecule has 3 nitrogen and oxygen atoms in total. The quantitative estimate of drug-likeness (QED) is 0.226. The molecular formula is C28H43NO2. The van der Waals surface area contributed by atoms with Gasteiger partial charge in [0.15, 0.2) is 0 Å². The highest BCUT2D eigenvalue weighted by molar-refractivity contribution is 6.21. The van der Waals surface area contributed by atoms with E-state index in [0.29, 0.717) is 17.7 Å². The van der Waals surface area contributed by atoms with E-state index in [4.69, 9.17) is 0 Å². The van der Waals surface area contributed by atoms with Gasteiger partial charge in [0.05, 0.1) is 11.1 Å². The Labute approximate surface area is 190 Å². The van der Waals surface area contributed by atoms with Crippen LogP contribution in [-0.2, 0) is 0 Å². The average molecular weight is 426 g/mol. The van der Waals surface area contributed by atoms with E-state index >= 15 is 0 Å². The first-order chi connectivity index (χ1) is 14.8. The normalized spacial score (nSPS) is 16.2. The molecule has 2 rings (SSSR count). The largest absolute Gasteiger partial charge is 0.270 e. The summed E-state index contributed by atoms with van der Waals surface area (Å²) >= 11 is 0. The standard InChI is InChI=1S/C28H43NO2/c1-21(2)11-8-12-22(3)13-9-14-23(4)15-10-16-24(5)19-20-29-27(30)25-17-6-7-18-26(25)28(29)31/h6-7,17-19,21-23H,8-16,20H2,1-5H3/b24-19+/t22-,23-/m1/s1. The molecule has 0 bridgehead atoms. The van der Waals surface area contributed by atoms with E-state index in [-0.39, 0.29) is 11.8 Å². The number of fused-ring (bicyclic) bond motifs is 1. The minimum absolute atomic E-state index is 0.170. The van der Waals surface area contributed by atoms with Crippen molar-refractivity contribution in [2.45, 2.75) is 92.4 Å². The van der Waals surface area contributed by atoms with Crippen molar-refractivity contribution in [3.05, 3.63) is 47.0 Å². The summed E-state index contributed by atoms with van der Waals surface area (Å²) < 4.78 is 0. The Morgan fingerprint density at radius 1 is 0.806 bits per heavy atom. The van der Waals surface area contributed by atoms with Crippen molar-refractivity contribution in [3.63, 3.8) is 0 Å². The predicted molar refractivity (Wildman–Crippen MR) is 130 cm³/mol. The van der Waals surface area contributed by atoms with Crippen LogP contribution in [0, 0.1) is 17.8 Å². The fraction of sp³-hybridized carbons (Fsp3) is 0.643. The number of imide groups is 1.